The van der Waals surface area contributed by atoms with Gasteiger partial charge < -0.3 is 15.4 Å². The van der Waals surface area contributed by atoms with E-state index in [0.717, 1.165) is 6.42 Å². The molecule has 1 aliphatic carbocycles. The van der Waals surface area contributed by atoms with Crippen LogP contribution in [-0.4, -0.2) is 30.5 Å². The normalized spacial score (nSPS) is 20.1. The van der Waals surface area contributed by atoms with Crippen LogP contribution in [0.25, 0.3) is 0 Å². The molecule has 20 heavy (non-hydrogen) atoms. The predicted molar refractivity (Wildman–Crippen MR) is 74.3 cm³/mol. The Kier molecular flexibility index (Phi) is 4.55. The van der Waals surface area contributed by atoms with Gasteiger partial charge in [0, 0.05) is 25.1 Å². The van der Waals surface area contributed by atoms with Gasteiger partial charge in [0.05, 0.1) is 7.11 Å². The number of amides is 2. The Labute approximate surface area is 117 Å². The minimum atomic E-state index is -0.203. The maximum Gasteiger partial charge on any atom is 0.227 e. The molecule has 0 unspecified atom stereocenters. The molecule has 0 spiro atoms. The number of ether oxygens (including phenoxy) is 1. The summed E-state index contributed by atoms with van der Waals surface area (Å²) >= 11 is 0. The highest BCUT2D eigenvalue weighted by molar-refractivity contribution is 5.91. The van der Waals surface area contributed by atoms with Crippen LogP contribution in [0.2, 0.25) is 0 Å². The number of hydrogen-bond acceptors (Lipinski definition) is 4. The third-order valence-corrected chi connectivity index (χ3v) is 3.35. The average Bonchev–Trinajstić information content (AvgIpc) is 3.16. The fourth-order valence-corrected chi connectivity index (χ4v) is 1.96. The second kappa shape index (κ2) is 6.36. The second-order valence-corrected chi connectivity index (χ2v) is 4.96. The van der Waals surface area contributed by atoms with Gasteiger partial charge in [0.15, 0.2) is 11.6 Å². The summed E-state index contributed by atoms with van der Waals surface area (Å²) in [6.07, 6.45) is 2.74. The van der Waals surface area contributed by atoms with E-state index in [-0.39, 0.29) is 24.2 Å². The number of rotatable bonds is 6. The summed E-state index contributed by atoms with van der Waals surface area (Å²) in [6.45, 7) is 2.38. The smallest absolute Gasteiger partial charge is 0.227 e. The number of hydrogen-bond donors (Lipinski definition) is 2. The van der Waals surface area contributed by atoms with Crippen LogP contribution in [-0.2, 0) is 9.59 Å². The third-order valence-electron chi connectivity index (χ3n) is 3.35. The van der Waals surface area contributed by atoms with Crippen molar-refractivity contribution in [3.63, 3.8) is 0 Å². The number of pyridine rings is 1. The van der Waals surface area contributed by atoms with E-state index in [2.05, 4.69) is 15.6 Å². The number of nitrogens with one attached hydrogen (secondary N) is 2. The molecule has 1 saturated carbocycles. The maximum atomic E-state index is 11.8. The molecule has 1 fully saturated rings. The van der Waals surface area contributed by atoms with Crippen molar-refractivity contribution in [1.29, 1.82) is 0 Å². The van der Waals surface area contributed by atoms with Crippen molar-refractivity contribution in [1.82, 2.24) is 10.3 Å². The van der Waals surface area contributed by atoms with Crippen molar-refractivity contribution in [3.05, 3.63) is 18.3 Å². The van der Waals surface area contributed by atoms with Crippen molar-refractivity contribution in [2.75, 3.05) is 19.0 Å². The molecule has 1 aromatic rings. The van der Waals surface area contributed by atoms with E-state index in [1.807, 2.05) is 6.92 Å². The molecule has 0 aliphatic heterocycles. The van der Waals surface area contributed by atoms with Crippen LogP contribution in [0.4, 0.5) is 5.82 Å². The van der Waals surface area contributed by atoms with Gasteiger partial charge in [0.1, 0.15) is 0 Å². The molecule has 108 valence electrons. The standard InChI is InChI=1S/C14H19N3O3/c1-9-8-10(9)14(19)16-7-5-12(18)17-13-11(20-2)4-3-6-15-13/h3-4,6,9-10H,5,7-8H2,1-2H3,(H,16,19)(H,15,17,18)/t9-,10-/m1/s1. The van der Waals surface area contributed by atoms with E-state index in [1.165, 1.54) is 7.11 Å². The molecule has 2 rings (SSSR count). The van der Waals surface area contributed by atoms with E-state index in [4.69, 9.17) is 4.74 Å². The monoisotopic (exact) mass is 277 g/mol. The Morgan fingerprint density at radius 2 is 2.25 bits per heavy atom. The second-order valence-electron chi connectivity index (χ2n) is 4.96. The summed E-state index contributed by atoms with van der Waals surface area (Å²) in [6, 6.07) is 3.45. The first kappa shape index (κ1) is 14.3. The van der Waals surface area contributed by atoms with Crippen LogP contribution < -0.4 is 15.4 Å². The lowest BCUT2D eigenvalue weighted by Crippen LogP contribution is -2.29. The minimum Gasteiger partial charge on any atom is -0.493 e. The van der Waals surface area contributed by atoms with E-state index < -0.39 is 0 Å². The zero-order chi connectivity index (χ0) is 14.5. The molecular formula is C14H19N3O3. The highest BCUT2D eigenvalue weighted by atomic mass is 16.5. The van der Waals surface area contributed by atoms with Crippen LogP contribution in [0.5, 0.6) is 5.75 Å². The molecule has 2 amide bonds. The Bertz CT molecular complexity index is 504. The van der Waals surface area contributed by atoms with Crippen LogP contribution in [0.15, 0.2) is 18.3 Å². The zero-order valence-electron chi connectivity index (χ0n) is 11.7. The van der Waals surface area contributed by atoms with Gasteiger partial charge in [-0.2, -0.15) is 0 Å². The van der Waals surface area contributed by atoms with Crippen molar-refractivity contribution < 1.29 is 14.3 Å². The molecular weight excluding hydrogens is 258 g/mol. The number of aromatic nitrogens is 1. The minimum absolute atomic E-state index is 0.0423. The number of methoxy groups -OCH3 is 1. The molecule has 1 heterocycles. The Balaban J connectivity index is 1.74. The van der Waals surface area contributed by atoms with Gasteiger partial charge in [-0.15, -0.1) is 0 Å². The van der Waals surface area contributed by atoms with Crippen LogP contribution in [0.3, 0.4) is 0 Å². The first-order valence-electron chi connectivity index (χ1n) is 6.68. The maximum absolute atomic E-state index is 11.8. The number of anilines is 1. The molecule has 1 aromatic heterocycles. The third kappa shape index (κ3) is 3.69. The van der Waals surface area contributed by atoms with Crippen LogP contribution >= 0.6 is 0 Å². The highest BCUT2D eigenvalue weighted by Crippen LogP contribution is 2.37. The Morgan fingerprint density at radius 1 is 1.50 bits per heavy atom. The van der Waals surface area contributed by atoms with Crippen molar-refractivity contribution in [2.24, 2.45) is 11.8 Å². The van der Waals surface area contributed by atoms with Gasteiger partial charge in [0.2, 0.25) is 11.8 Å². The SMILES string of the molecule is COc1cccnc1NC(=O)CCNC(=O)[C@@H]1C[C@H]1C. The first-order valence-corrected chi connectivity index (χ1v) is 6.68. The van der Waals surface area contributed by atoms with Crippen molar-refractivity contribution >= 4 is 17.6 Å². The largest absolute Gasteiger partial charge is 0.493 e. The predicted octanol–water partition coefficient (Wildman–Crippen LogP) is 1.19. The van der Waals surface area contributed by atoms with Gasteiger partial charge in [-0.05, 0) is 24.5 Å². The van der Waals surface area contributed by atoms with Gasteiger partial charge in [-0.25, -0.2) is 4.98 Å². The van der Waals surface area contributed by atoms with E-state index >= 15 is 0 Å². The Morgan fingerprint density at radius 3 is 2.90 bits per heavy atom. The summed E-state index contributed by atoms with van der Waals surface area (Å²) < 4.78 is 5.09. The average molecular weight is 277 g/mol. The molecule has 0 radical (unpaired) electrons. The highest BCUT2D eigenvalue weighted by Gasteiger charge is 2.38. The lowest BCUT2D eigenvalue weighted by Gasteiger charge is -2.09. The number of nitrogens with zero attached hydrogens (tertiary/aromatic N) is 1. The number of carbonyl (C=O) groups is 2. The molecule has 6 heteroatoms. The van der Waals surface area contributed by atoms with Crippen molar-refractivity contribution in [3.8, 4) is 5.75 Å². The van der Waals surface area contributed by atoms with E-state index in [0.29, 0.717) is 24.0 Å². The molecule has 0 bridgehead atoms. The van der Waals surface area contributed by atoms with Gasteiger partial charge in [-0.1, -0.05) is 6.92 Å². The molecule has 0 saturated heterocycles. The molecule has 0 aromatic carbocycles. The van der Waals surface area contributed by atoms with Gasteiger partial charge in [0.25, 0.3) is 0 Å². The van der Waals surface area contributed by atoms with Crippen LogP contribution in [0, 0.1) is 11.8 Å². The zero-order valence-corrected chi connectivity index (χ0v) is 11.7. The lowest BCUT2D eigenvalue weighted by atomic mass is 10.3. The number of carbonyl (C=O) groups excluding carboxylic acids is 2. The lowest BCUT2D eigenvalue weighted by molar-refractivity contribution is -0.122. The summed E-state index contributed by atoms with van der Waals surface area (Å²) in [5.41, 5.74) is 0. The Hall–Kier alpha value is -2.11. The summed E-state index contributed by atoms with van der Waals surface area (Å²) in [4.78, 5) is 27.4. The quantitative estimate of drug-likeness (QED) is 0.818. The fourth-order valence-electron chi connectivity index (χ4n) is 1.96. The molecule has 1 aliphatic rings. The summed E-state index contributed by atoms with van der Waals surface area (Å²) in [7, 11) is 1.52. The molecule has 6 nitrogen and oxygen atoms in total. The van der Waals surface area contributed by atoms with E-state index in [1.54, 1.807) is 18.3 Å². The molecule has 2 atom stereocenters. The first-order chi connectivity index (χ1) is 9.61. The fraction of sp³-hybridized carbons (Fsp3) is 0.500. The van der Waals surface area contributed by atoms with E-state index in [9.17, 15) is 9.59 Å². The molecule has 2 N–H and O–H groups in total. The topological polar surface area (TPSA) is 80.3 Å². The van der Waals surface area contributed by atoms with Gasteiger partial charge in [-0.3, -0.25) is 9.59 Å². The van der Waals surface area contributed by atoms with Crippen molar-refractivity contribution in [2.45, 2.75) is 19.8 Å². The summed E-state index contributed by atoms with van der Waals surface area (Å²) in [5.74, 6) is 1.35. The van der Waals surface area contributed by atoms with Crippen LogP contribution in [0.1, 0.15) is 19.8 Å². The summed E-state index contributed by atoms with van der Waals surface area (Å²) in [5, 5.41) is 5.43. The van der Waals surface area contributed by atoms with Gasteiger partial charge >= 0.3 is 0 Å².